The number of nitrogens with one attached hydrogen (secondary N) is 1. The maximum absolute atomic E-state index is 12.6. The van der Waals surface area contributed by atoms with Gasteiger partial charge in [0.15, 0.2) is 0 Å². The third-order valence-electron chi connectivity index (χ3n) is 4.57. The van der Waals surface area contributed by atoms with Gasteiger partial charge in [0, 0.05) is 17.1 Å². The summed E-state index contributed by atoms with van der Waals surface area (Å²) in [5, 5.41) is 3.70. The highest BCUT2D eigenvalue weighted by molar-refractivity contribution is 5.95. The summed E-state index contributed by atoms with van der Waals surface area (Å²) in [7, 11) is 0. The first-order valence-corrected chi connectivity index (χ1v) is 9.47. The molecule has 0 radical (unpaired) electrons. The Bertz CT molecular complexity index is 1150. The number of carbonyl (C=O) groups is 2. The number of anilines is 1. The van der Waals surface area contributed by atoms with Crippen LogP contribution in [-0.2, 0) is 16.1 Å². The number of rotatable bonds is 5. The van der Waals surface area contributed by atoms with Gasteiger partial charge in [0.2, 0.25) is 5.91 Å². The van der Waals surface area contributed by atoms with Crippen LogP contribution in [0.25, 0.3) is 10.9 Å². The van der Waals surface area contributed by atoms with Gasteiger partial charge in [0.1, 0.15) is 6.54 Å². The average Bonchev–Trinajstić information content (AvgIpc) is 2.65. The average molecular weight is 392 g/mol. The summed E-state index contributed by atoms with van der Waals surface area (Å²) < 4.78 is 6.66. The van der Waals surface area contributed by atoms with E-state index in [2.05, 4.69) is 5.32 Å². The van der Waals surface area contributed by atoms with Gasteiger partial charge in [-0.2, -0.15) is 0 Å². The minimum absolute atomic E-state index is 0.124. The minimum atomic E-state index is -0.451. The number of aryl methyl sites for hydroxylation is 2. The molecular weight excluding hydrogens is 368 g/mol. The van der Waals surface area contributed by atoms with E-state index in [1.54, 1.807) is 38.1 Å². The fraction of sp³-hybridized carbons (Fsp3) is 0.261. The second-order valence-electron chi connectivity index (χ2n) is 7.31. The van der Waals surface area contributed by atoms with E-state index in [4.69, 9.17) is 4.74 Å². The van der Waals surface area contributed by atoms with Crippen molar-refractivity contribution in [1.82, 2.24) is 4.57 Å². The molecule has 150 valence electrons. The molecule has 0 atom stereocenters. The summed E-state index contributed by atoms with van der Waals surface area (Å²) in [5.41, 5.74) is 3.14. The number of para-hydroxylation sites is 1. The Kier molecular flexibility index (Phi) is 5.82. The SMILES string of the molecule is Cc1cc(=O)n(CC(=O)Nc2cccc(C(=O)OC(C)C)c2)c2c(C)cccc12. The Labute approximate surface area is 169 Å². The number of fused-ring (bicyclic) bond motifs is 1. The Hall–Kier alpha value is -3.41. The standard InChI is InChI=1S/C23H24N2O4/c1-14(2)29-23(28)17-8-6-9-18(12-17)24-20(26)13-25-21(27)11-16(4)19-10-5-7-15(3)22(19)25/h5-12,14H,13H2,1-4H3,(H,24,26). The van der Waals surface area contributed by atoms with E-state index >= 15 is 0 Å². The highest BCUT2D eigenvalue weighted by Gasteiger charge is 2.14. The van der Waals surface area contributed by atoms with Gasteiger partial charge in [-0.1, -0.05) is 24.3 Å². The molecule has 0 aliphatic carbocycles. The molecule has 0 aliphatic heterocycles. The number of amides is 1. The Morgan fingerprint density at radius 3 is 2.48 bits per heavy atom. The van der Waals surface area contributed by atoms with Crippen molar-refractivity contribution in [2.75, 3.05) is 5.32 Å². The lowest BCUT2D eigenvalue weighted by atomic mass is 10.1. The smallest absolute Gasteiger partial charge is 0.338 e. The topological polar surface area (TPSA) is 77.4 Å². The molecule has 1 aromatic heterocycles. The summed E-state index contributed by atoms with van der Waals surface area (Å²) in [6, 6.07) is 13.9. The van der Waals surface area contributed by atoms with Gasteiger partial charge in [-0.25, -0.2) is 4.79 Å². The minimum Gasteiger partial charge on any atom is -0.459 e. The predicted octanol–water partition coefficient (Wildman–Crippen LogP) is 3.82. The van der Waals surface area contributed by atoms with Crippen molar-refractivity contribution >= 4 is 28.5 Å². The number of ether oxygens (including phenoxy) is 1. The van der Waals surface area contributed by atoms with Crippen molar-refractivity contribution in [2.45, 2.75) is 40.3 Å². The first-order chi connectivity index (χ1) is 13.8. The van der Waals surface area contributed by atoms with Crippen LogP contribution in [0.2, 0.25) is 0 Å². The first-order valence-electron chi connectivity index (χ1n) is 9.47. The molecule has 0 saturated carbocycles. The Morgan fingerprint density at radius 2 is 1.76 bits per heavy atom. The molecule has 6 nitrogen and oxygen atoms in total. The molecule has 6 heteroatoms. The zero-order chi connectivity index (χ0) is 21.1. The van der Waals surface area contributed by atoms with Crippen LogP contribution in [0.5, 0.6) is 0 Å². The molecule has 0 unspecified atom stereocenters. The van der Waals surface area contributed by atoms with Gasteiger partial charge >= 0.3 is 5.97 Å². The Morgan fingerprint density at radius 1 is 1.03 bits per heavy atom. The zero-order valence-electron chi connectivity index (χ0n) is 17.0. The number of benzene rings is 2. The molecule has 0 saturated heterocycles. The van der Waals surface area contributed by atoms with Crippen molar-refractivity contribution in [3.8, 4) is 0 Å². The molecule has 29 heavy (non-hydrogen) atoms. The van der Waals surface area contributed by atoms with Gasteiger partial charge in [0.05, 0.1) is 17.2 Å². The van der Waals surface area contributed by atoms with Crippen molar-refractivity contribution in [1.29, 1.82) is 0 Å². The second-order valence-corrected chi connectivity index (χ2v) is 7.31. The third kappa shape index (κ3) is 4.54. The highest BCUT2D eigenvalue weighted by Crippen LogP contribution is 2.20. The van der Waals surface area contributed by atoms with E-state index in [9.17, 15) is 14.4 Å². The van der Waals surface area contributed by atoms with Gasteiger partial charge in [-0.05, 0) is 57.0 Å². The first kappa shape index (κ1) is 20.3. The maximum atomic E-state index is 12.6. The predicted molar refractivity (Wildman–Crippen MR) is 113 cm³/mol. The molecular formula is C23H24N2O4. The Balaban J connectivity index is 1.86. The van der Waals surface area contributed by atoms with E-state index in [0.717, 1.165) is 22.0 Å². The number of hydrogen-bond acceptors (Lipinski definition) is 4. The fourth-order valence-corrected chi connectivity index (χ4v) is 3.29. The summed E-state index contributed by atoms with van der Waals surface area (Å²) in [4.78, 5) is 37.3. The van der Waals surface area contributed by atoms with Crippen molar-refractivity contribution < 1.29 is 14.3 Å². The van der Waals surface area contributed by atoms with E-state index in [1.165, 1.54) is 10.6 Å². The largest absolute Gasteiger partial charge is 0.459 e. The number of carbonyl (C=O) groups excluding carboxylic acids is 2. The molecule has 0 spiro atoms. The van der Waals surface area contributed by atoms with Gasteiger partial charge in [-0.15, -0.1) is 0 Å². The number of hydrogen-bond donors (Lipinski definition) is 1. The van der Waals surface area contributed by atoms with E-state index < -0.39 is 5.97 Å². The lowest BCUT2D eigenvalue weighted by molar-refractivity contribution is -0.116. The molecule has 0 bridgehead atoms. The second kappa shape index (κ2) is 8.31. The number of pyridine rings is 1. The quantitative estimate of drug-likeness (QED) is 0.670. The molecule has 2 aromatic carbocycles. The molecule has 1 amide bonds. The normalized spacial score (nSPS) is 10.9. The molecule has 3 rings (SSSR count). The number of esters is 1. The van der Waals surface area contributed by atoms with Crippen LogP contribution >= 0.6 is 0 Å². The summed E-state index contributed by atoms with van der Waals surface area (Å²) in [6.45, 7) is 7.22. The zero-order valence-corrected chi connectivity index (χ0v) is 17.0. The van der Waals surface area contributed by atoms with Crippen LogP contribution in [0.4, 0.5) is 5.69 Å². The van der Waals surface area contributed by atoms with Gasteiger partial charge in [0.25, 0.3) is 5.56 Å². The third-order valence-corrected chi connectivity index (χ3v) is 4.57. The van der Waals surface area contributed by atoms with Crippen LogP contribution in [0.1, 0.15) is 35.3 Å². The van der Waals surface area contributed by atoms with E-state index in [0.29, 0.717) is 11.3 Å². The summed E-state index contributed by atoms with van der Waals surface area (Å²) >= 11 is 0. The van der Waals surface area contributed by atoms with Crippen molar-refractivity contribution in [2.24, 2.45) is 0 Å². The van der Waals surface area contributed by atoms with Crippen LogP contribution < -0.4 is 10.9 Å². The van der Waals surface area contributed by atoms with E-state index in [1.807, 2.05) is 32.0 Å². The van der Waals surface area contributed by atoms with E-state index in [-0.39, 0.29) is 24.1 Å². The monoisotopic (exact) mass is 392 g/mol. The molecule has 0 aliphatic rings. The lowest BCUT2D eigenvalue weighted by Crippen LogP contribution is -2.28. The van der Waals surface area contributed by atoms with Crippen LogP contribution in [-0.4, -0.2) is 22.5 Å². The van der Waals surface area contributed by atoms with Gasteiger partial charge in [-0.3, -0.25) is 14.2 Å². The fourth-order valence-electron chi connectivity index (χ4n) is 3.29. The van der Waals surface area contributed by atoms with Crippen LogP contribution in [0.3, 0.4) is 0 Å². The summed E-state index contributed by atoms with van der Waals surface area (Å²) in [5.74, 6) is -0.803. The van der Waals surface area contributed by atoms with Crippen LogP contribution in [0.15, 0.2) is 53.3 Å². The maximum Gasteiger partial charge on any atom is 0.338 e. The van der Waals surface area contributed by atoms with Crippen LogP contribution in [0, 0.1) is 13.8 Å². The van der Waals surface area contributed by atoms with Gasteiger partial charge < -0.3 is 10.1 Å². The summed E-state index contributed by atoms with van der Waals surface area (Å²) in [6.07, 6.45) is -0.231. The lowest BCUT2D eigenvalue weighted by Gasteiger charge is -2.14. The molecule has 1 N–H and O–H groups in total. The molecule has 1 heterocycles. The van der Waals surface area contributed by atoms with Crippen molar-refractivity contribution in [3.63, 3.8) is 0 Å². The van der Waals surface area contributed by atoms with Crippen molar-refractivity contribution in [3.05, 3.63) is 75.6 Å². The number of aromatic nitrogens is 1. The number of nitrogens with zero attached hydrogens (tertiary/aromatic N) is 1. The molecule has 0 fully saturated rings. The molecule has 3 aromatic rings. The highest BCUT2D eigenvalue weighted by atomic mass is 16.5.